The fraction of sp³-hybridized carbons (Fsp3) is 0.364. The number of carboxylic acids is 1. The van der Waals surface area contributed by atoms with Crippen molar-refractivity contribution < 1.29 is 37.0 Å². The van der Waals surface area contributed by atoms with Gasteiger partial charge < -0.3 is 15.5 Å². The lowest BCUT2D eigenvalue weighted by atomic mass is 9.91. The Morgan fingerprint density at radius 1 is 1.05 bits per heavy atom. The third-order valence-corrected chi connectivity index (χ3v) is 2.94. The standard InChI is InChI=1S/C11H10F5NO3/c1-17-11(3-18,10(19)20)2-4-5(12)7(14)9(16)8(15)6(4)13/h17-18H,2-3H2,1H3,(H,19,20)/t11-/m0/s1. The topological polar surface area (TPSA) is 69.6 Å². The summed E-state index contributed by atoms with van der Waals surface area (Å²) in [7, 11) is 1.07. The summed E-state index contributed by atoms with van der Waals surface area (Å²) >= 11 is 0. The third kappa shape index (κ3) is 2.46. The highest BCUT2D eigenvalue weighted by atomic mass is 19.2. The van der Waals surface area contributed by atoms with E-state index < -0.39 is 59.2 Å². The van der Waals surface area contributed by atoms with E-state index in [-0.39, 0.29) is 0 Å². The van der Waals surface area contributed by atoms with Gasteiger partial charge in [-0.2, -0.15) is 0 Å². The molecule has 4 nitrogen and oxygen atoms in total. The third-order valence-electron chi connectivity index (χ3n) is 2.94. The maximum atomic E-state index is 13.4. The molecular weight excluding hydrogens is 289 g/mol. The number of carbonyl (C=O) groups is 1. The molecule has 0 radical (unpaired) electrons. The van der Waals surface area contributed by atoms with Crippen molar-refractivity contribution in [3.05, 3.63) is 34.6 Å². The van der Waals surface area contributed by atoms with Crippen LogP contribution in [-0.2, 0) is 11.2 Å². The number of carboxylic acid groups (broad SMARTS) is 1. The number of benzene rings is 1. The van der Waals surface area contributed by atoms with Crippen molar-refractivity contribution in [3.8, 4) is 0 Å². The Hall–Kier alpha value is -1.74. The van der Waals surface area contributed by atoms with E-state index in [1.807, 2.05) is 0 Å². The molecule has 0 spiro atoms. The van der Waals surface area contributed by atoms with Crippen molar-refractivity contribution >= 4 is 5.97 Å². The molecular formula is C11H10F5NO3. The molecule has 0 heterocycles. The summed E-state index contributed by atoms with van der Waals surface area (Å²) in [5.74, 6) is -12.6. The maximum absolute atomic E-state index is 13.4. The molecule has 3 N–H and O–H groups in total. The summed E-state index contributed by atoms with van der Waals surface area (Å²) < 4.78 is 65.7. The highest BCUT2D eigenvalue weighted by Crippen LogP contribution is 2.26. The predicted molar refractivity (Wildman–Crippen MR) is 56.4 cm³/mol. The minimum Gasteiger partial charge on any atom is -0.480 e. The van der Waals surface area contributed by atoms with E-state index in [4.69, 9.17) is 10.2 Å². The zero-order valence-corrected chi connectivity index (χ0v) is 10.1. The molecule has 112 valence electrons. The predicted octanol–water partition coefficient (Wildman–Crippen LogP) is 0.960. The van der Waals surface area contributed by atoms with Gasteiger partial charge in [-0.1, -0.05) is 0 Å². The molecule has 20 heavy (non-hydrogen) atoms. The smallest absolute Gasteiger partial charge is 0.326 e. The number of aliphatic hydroxyl groups is 1. The first kappa shape index (κ1) is 16.3. The molecule has 0 saturated carbocycles. The Bertz CT molecular complexity index is 516. The summed E-state index contributed by atoms with van der Waals surface area (Å²) in [5.41, 5.74) is -3.58. The number of rotatable bonds is 5. The number of hydrogen-bond donors (Lipinski definition) is 3. The van der Waals surface area contributed by atoms with Crippen LogP contribution < -0.4 is 5.32 Å². The van der Waals surface area contributed by atoms with Crippen molar-refractivity contribution in [1.29, 1.82) is 0 Å². The molecule has 1 aromatic carbocycles. The second kappa shape index (κ2) is 5.71. The number of aliphatic carboxylic acids is 1. The van der Waals surface area contributed by atoms with Crippen molar-refractivity contribution in [2.75, 3.05) is 13.7 Å². The number of halogens is 5. The van der Waals surface area contributed by atoms with Crippen LogP contribution in [0.15, 0.2) is 0 Å². The largest absolute Gasteiger partial charge is 0.480 e. The summed E-state index contributed by atoms with van der Waals surface area (Å²) in [5, 5.41) is 20.1. The number of aliphatic hydroxyl groups excluding tert-OH is 1. The van der Waals surface area contributed by atoms with Gasteiger partial charge in [0.2, 0.25) is 5.82 Å². The van der Waals surface area contributed by atoms with Gasteiger partial charge in [-0.25, -0.2) is 22.0 Å². The summed E-state index contributed by atoms with van der Waals surface area (Å²) in [6.45, 7) is -1.11. The van der Waals surface area contributed by atoms with Crippen LogP contribution >= 0.6 is 0 Å². The van der Waals surface area contributed by atoms with Crippen molar-refractivity contribution in [2.24, 2.45) is 0 Å². The molecule has 0 aliphatic rings. The first-order chi connectivity index (χ1) is 9.21. The van der Waals surface area contributed by atoms with E-state index in [0.717, 1.165) is 7.05 Å². The van der Waals surface area contributed by atoms with E-state index in [0.29, 0.717) is 0 Å². The van der Waals surface area contributed by atoms with Gasteiger partial charge in [0.25, 0.3) is 0 Å². The second-order valence-electron chi connectivity index (χ2n) is 4.02. The fourth-order valence-electron chi connectivity index (χ4n) is 1.58. The number of nitrogens with one attached hydrogen (secondary N) is 1. The Labute approximate surface area is 109 Å². The van der Waals surface area contributed by atoms with E-state index >= 15 is 0 Å². The Morgan fingerprint density at radius 2 is 1.45 bits per heavy atom. The van der Waals surface area contributed by atoms with Crippen molar-refractivity contribution in [2.45, 2.75) is 12.0 Å². The molecule has 9 heteroatoms. The maximum Gasteiger partial charge on any atom is 0.326 e. The molecule has 0 aromatic heterocycles. The van der Waals surface area contributed by atoms with Crippen LogP contribution in [0.4, 0.5) is 22.0 Å². The zero-order valence-electron chi connectivity index (χ0n) is 10.1. The molecule has 0 aliphatic heterocycles. The van der Waals surface area contributed by atoms with Gasteiger partial charge in [0.15, 0.2) is 23.3 Å². The van der Waals surface area contributed by atoms with Gasteiger partial charge >= 0.3 is 5.97 Å². The minimum atomic E-state index is -2.34. The Morgan fingerprint density at radius 3 is 1.75 bits per heavy atom. The van der Waals surface area contributed by atoms with Gasteiger partial charge in [0.1, 0.15) is 5.54 Å². The van der Waals surface area contributed by atoms with Crippen LogP contribution in [0, 0.1) is 29.1 Å². The summed E-state index contributed by atoms with van der Waals surface area (Å²) in [6, 6.07) is 0. The monoisotopic (exact) mass is 299 g/mol. The van der Waals surface area contributed by atoms with Crippen LogP contribution in [0.5, 0.6) is 0 Å². The van der Waals surface area contributed by atoms with Crippen molar-refractivity contribution in [3.63, 3.8) is 0 Å². The Kier molecular flexibility index (Phi) is 4.66. The van der Waals surface area contributed by atoms with E-state index in [2.05, 4.69) is 5.32 Å². The lowest BCUT2D eigenvalue weighted by Gasteiger charge is -2.27. The van der Waals surface area contributed by atoms with Crippen LogP contribution in [0.25, 0.3) is 0 Å². The normalized spacial score (nSPS) is 14.2. The molecule has 1 atom stereocenters. The van der Waals surface area contributed by atoms with E-state index in [9.17, 15) is 26.7 Å². The van der Waals surface area contributed by atoms with Crippen LogP contribution in [0.1, 0.15) is 5.56 Å². The molecule has 0 aliphatic carbocycles. The first-order valence-corrected chi connectivity index (χ1v) is 5.25. The van der Waals surface area contributed by atoms with Crippen LogP contribution in [0.2, 0.25) is 0 Å². The van der Waals surface area contributed by atoms with E-state index in [1.165, 1.54) is 0 Å². The molecule has 0 fully saturated rings. The van der Waals surface area contributed by atoms with Gasteiger partial charge in [-0.05, 0) is 7.05 Å². The van der Waals surface area contributed by atoms with Gasteiger partial charge in [-0.15, -0.1) is 0 Å². The SMILES string of the molecule is CN[C@](CO)(Cc1c(F)c(F)c(F)c(F)c1F)C(=O)O. The second-order valence-corrected chi connectivity index (χ2v) is 4.02. The van der Waals surface area contributed by atoms with Crippen LogP contribution in [0.3, 0.4) is 0 Å². The average molecular weight is 299 g/mol. The average Bonchev–Trinajstić information content (AvgIpc) is 2.43. The minimum absolute atomic E-state index is 1.07. The molecule has 0 bridgehead atoms. The number of hydrogen-bond acceptors (Lipinski definition) is 3. The quantitative estimate of drug-likeness (QED) is 0.430. The highest BCUT2D eigenvalue weighted by molar-refractivity contribution is 5.79. The van der Waals surface area contributed by atoms with Gasteiger partial charge in [0.05, 0.1) is 6.61 Å². The molecule has 0 amide bonds. The lowest BCUT2D eigenvalue weighted by molar-refractivity contribution is -0.146. The zero-order chi connectivity index (χ0) is 15.7. The van der Waals surface area contributed by atoms with Crippen LogP contribution in [-0.4, -0.2) is 35.4 Å². The molecule has 0 unspecified atom stereocenters. The first-order valence-electron chi connectivity index (χ1n) is 5.25. The van der Waals surface area contributed by atoms with Crippen molar-refractivity contribution in [1.82, 2.24) is 5.32 Å². The molecule has 1 aromatic rings. The summed E-state index contributed by atoms with van der Waals surface area (Å²) in [4.78, 5) is 11.0. The Balaban J connectivity index is 3.45. The molecule has 0 saturated heterocycles. The van der Waals surface area contributed by atoms with Gasteiger partial charge in [-0.3, -0.25) is 4.79 Å². The highest BCUT2D eigenvalue weighted by Gasteiger charge is 2.40. The number of likely N-dealkylation sites (N-methyl/N-ethyl adjacent to an activating group) is 1. The fourth-order valence-corrected chi connectivity index (χ4v) is 1.58. The van der Waals surface area contributed by atoms with E-state index in [1.54, 1.807) is 0 Å². The lowest BCUT2D eigenvalue weighted by Crippen LogP contribution is -2.55. The van der Waals surface area contributed by atoms with Gasteiger partial charge in [0, 0.05) is 12.0 Å². The molecule has 1 rings (SSSR count). The summed E-state index contributed by atoms with van der Waals surface area (Å²) in [6.07, 6.45) is -1.12.